The summed E-state index contributed by atoms with van der Waals surface area (Å²) in [6.45, 7) is 4.10. The maximum absolute atomic E-state index is 13.4. The zero-order chi connectivity index (χ0) is 23.0. The zero-order valence-electron chi connectivity index (χ0n) is 17.2. The SMILES string of the molecule is Cc1nn(Cc2ccncc2)c(C)c1NC(O)c1cc(C(F)(F)F)nc2ccc(Br)cc12. The van der Waals surface area contributed by atoms with Gasteiger partial charge in [0.25, 0.3) is 0 Å². The van der Waals surface area contributed by atoms with Gasteiger partial charge in [-0.2, -0.15) is 18.3 Å². The second-order valence-corrected chi connectivity index (χ2v) is 8.28. The quantitative estimate of drug-likeness (QED) is 0.356. The van der Waals surface area contributed by atoms with Crippen LogP contribution < -0.4 is 5.32 Å². The number of nitrogens with zero attached hydrogens (tertiary/aromatic N) is 4. The van der Waals surface area contributed by atoms with Gasteiger partial charge in [-0.15, -0.1) is 0 Å². The van der Waals surface area contributed by atoms with E-state index in [0.29, 0.717) is 27.8 Å². The number of benzene rings is 1. The van der Waals surface area contributed by atoms with Gasteiger partial charge in [-0.05, 0) is 55.8 Å². The highest BCUT2D eigenvalue weighted by Gasteiger charge is 2.34. The topological polar surface area (TPSA) is 75.9 Å². The predicted molar refractivity (Wildman–Crippen MR) is 118 cm³/mol. The molecule has 4 aromatic rings. The van der Waals surface area contributed by atoms with Gasteiger partial charge < -0.3 is 10.4 Å². The average molecular weight is 506 g/mol. The molecule has 0 fully saturated rings. The van der Waals surface area contributed by atoms with Crippen LogP contribution in [0.5, 0.6) is 0 Å². The van der Waals surface area contributed by atoms with Crippen molar-refractivity contribution >= 4 is 32.5 Å². The summed E-state index contributed by atoms with van der Waals surface area (Å²) < 4.78 is 42.7. The Morgan fingerprint density at radius 3 is 2.53 bits per heavy atom. The van der Waals surface area contributed by atoms with E-state index in [4.69, 9.17) is 0 Å². The molecule has 10 heteroatoms. The number of aliphatic hydroxyl groups is 1. The number of hydrogen-bond donors (Lipinski definition) is 2. The summed E-state index contributed by atoms with van der Waals surface area (Å²) in [7, 11) is 0. The number of halogens is 4. The third-order valence-corrected chi connectivity index (χ3v) is 5.63. The monoisotopic (exact) mass is 505 g/mol. The number of aliphatic hydroxyl groups excluding tert-OH is 1. The van der Waals surface area contributed by atoms with E-state index in [1.165, 1.54) is 6.07 Å². The summed E-state index contributed by atoms with van der Waals surface area (Å²) in [6.07, 6.45) is -2.67. The Morgan fingerprint density at radius 2 is 1.84 bits per heavy atom. The minimum atomic E-state index is -4.64. The number of pyridine rings is 2. The Kier molecular flexibility index (Phi) is 5.91. The van der Waals surface area contributed by atoms with Crippen molar-refractivity contribution in [1.82, 2.24) is 19.7 Å². The van der Waals surface area contributed by atoms with Crippen molar-refractivity contribution in [3.63, 3.8) is 0 Å². The lowest BCUT2D eigenvalue weighted by molar-refractivity contribution is -0.141. The van der Waals surface area contributed by atoms with E-state index in [-0.39, 0.29) is 11.1 Å². The maximum atomic E-state index is 13.4. The van der Waals surface area contributed by atoms with Crippen molar-refractivity contribution in [2.45, 2.75) is 32.8 Å². The van der Waals surface area contributed by atoms with Crippen molar-refractivity contribution in [3.05, 3.63) is 81.5 Å². The van der Waals surface area contributed by atoms with Crippen molar-refractivity contribution in [1.29, 1.82) is 0 Å². The first-order valence-electron chi connectivity index (χ1n) is 9.68. The lowest BCUT2D eigenvalue weighted by Gasteiger charge is -2.19. The number of anilines is 1. The summed E-state index contributed by atoms with van der Waals surface area (Å²) in [6, 6.07) is 9.34. The van der Waals surface area contributed by atoms with Gasteiger partial charge in [0.15, 0.2) is 6.23 Å². The van der Waals surface area contributed by atoms with Crippen LogP contribution in [0.4, 0.5) is 18.9 Å². The number of aromatic nitrogens is 4. The summed E-state index contributed by atoms with van der Waals surface area (Å²) in [5.74, 6) is 0. The lowest BCUT2D eigenvalue weighted by Crippen LogP contribution is -2.15. The van der Waals surface area contributed by atoms with Crippen LogP contribution >= 0.6 is 15.9 Å². The molecule has 6 nitrogen and oxygen atoms in total. The van der Waals surface area contributed by atoms with Gasteiger partial charge in [0, 0.05) is 27.8 Å². The molecule has 4 rings (SSSR count). The van der Waals surface area contributed by atoms with E-state index in [1.54, 1.807) is 36.1 Å². The fraction of sp³-hybridized carbons (Fsp3) is 0.227. The molecule has 0 aliphatic heterocycles. The van der Waals surface area contributed by atoms with Gasteiger partial charge >= 0.3 is 6.18 Å². The van der Waals surface area contributed by atoms with Crippen LogP contribution in [0.15, 0.2) is 53.3 Å². The van der Waals surface area contributed by atoms with Crippen LogP contribution in [0.25, 0.3) is 10.9 Å². The van der Waals surface area contributed by atoms with Crippen LogP contribution in [0.3, 0.4) is 0 Å². The normalized spacial score (nSPS) is 12.8. The second-order valence-electron chi connectivity index (χ2n) is 7.36. The number of rotatable bonds is 5. The average Bonchev–Trinajstić information content (AvgIpc) is 3.00. The Morgan fingerprint density at radius 1 is 1.12 bits per heavy atom. The molecule has 0 radical (unpaired) electrons. The number of fused-ring (bicyclic) bond motifs is 1. The Labute approximate surface area is 190 Å². The first kappa shape index (κ1) is 22.2. The van der Waals surface area contributed by atoms with Gasteiger partial charge in [-0.1, -0.05) is 15.9 Å². The van der Waals surface area contributed by atoms with Gasteiger partial charge in [-0.3, -0.25) is 9.67 Å². The van der Waals surface area contributed by atoms with E-state index >= 15 is 0 Å². The smallest absolute Gasteiger partial charge is 0.369 e. The van der Waals surface area contributed by atoms with Crippen molar-refractivity contribution in [2.75, 3.05) is 5.32 Å². The molecule has 0 bridgehead atoms. The molecule has 1 aromatic carbocycles. The first-order valence-corrected chi connectivity index (χ1v) is 10.5. The fourth-order valence-corrected chi connectivity index (χ4v) is 3.89. The fourth-order valence-electron chi connectivity index (χ4n) is 3.53. The maximum Gasteiger partial charge on any atom is 0.433 e. The molecule has 0 saturated carbocycles. The van der Waals surface area contributed by atoms with E-state index in [1.807, 2.05) is 19.1 Å². The Balaban J connectivity index is 1.71. The molecule has 32 heavy (non-hydrogen) atoms. The van der Waals surface area contributed by atoms with Gasteiger partial charge in [-0.25, -0.2) is 4.98 Å². The Bertz CT molecular complexity index is 1270. The van der Waals surface area contributed by atoms with Gasteiger partial charge in [0.2, 0.25) is 0 Å². The van der Waals surface area contributed by atoms with E-state index in [0.717, 1.165) is 17.3 Å². The molecule has 1 unspecified atom stereocenters. The number of alkyl halides is 3. The third-order valence-electron chi connectivity index (χ3n) is 5.13. The van der Waals surface area contributed by atoms with Crippen molar-refractivity contribution < 1.29 is 18.3 Å². The van der Waals surface area contributed by atoms with Crippen LogP contribution in [0.1, 0.15) is 34.4 Å². The minimum Gasteiger partial charge on any atom is -0.369 e. The highest BCUT2D eigenvalue weighted by atomic mass is 79.9. The number of hydrogen-bond acceptors (Lipinski definition) is 5. The molecule has 3 aromatic heterocycles. The summed E-state index contributed by atoms with van der Waals surface area (Å²) in [5, 5.41) is 18.8. The van der Waals surface area contributed by atoms with Gasteiger partial charge in [0.05, 0.1) is 29.1 Å². The molecule has 0 amide bonds. The van der Waals surface area contributed by atoms with E-state index in [9.17, 15) is 18.3 Å². The second kappa shape index (κ2) is 8.51. The molecule has 166 valence electrons. The van der Waals surface area contributed by atoms with E-state index in [2.05, 4.69) is 36.3 Å². The van der Waals surface area contributed by atoms with Gasteiger partial charge in [0.1, 0.15) is 5.69 Å². The number of nitrogens with one attached hydrogen (secondary N) is 1. The van der Waals surface area contributed by atoms with Crippen molar-refractivity contribution in [2.24, 2.45) is 0 Å². The Hall–Kier alpha value is -2.98. The van der Waals surface area contributed by atoms with E-state index < -0.39 is 18.1 Å². The summed E-state index contributed by atoms with van der Waals surface area (Å²) in [5.41, 5.74) is 2.06. The standard InChI is InChI=1S/C22H19BrF3N5O/c1-12-20(13(2)31(30-12)11-14-5-7-27-8-6-14)29-21(32)17-10-19(22(24,25)26)28-18-4-3-15(23)9-16(17)18/h3-10,21,29,32H,11H2,1-2H3. The van der Waals surface area contributed by atoms with Crippen LogP contribution in [-0.2, 0) is 12.7 Å². The number of aryl methyl sites for hydroxylation is 1. The summed E-state index contributed by atoms with van der Waals surface area (Å²) >= 11 is 3.33. The summed E-state index contributed by atoms with van der Waals surface area (Å²) in [4.78, 5) is 7.71. The van der Waals surface area contributed by atoms with Crippen LogP contribution in [0, 0.1) is 13.8 Å². The largest absolute Gasteiger partial charge is 0.433 e. The zero-order valence-corrected chi connectivity index (χ0v) is 18.7. The van der Waals surface area contributed by atoms with Crippen LogP contribution in [-0.4, -0.2) is 24.9 Å². The third kappa shape index (κ3) is 4.46. The first-order chi connectivity index (χ1) is 15.1. The molecular formula is C22H19BrF3N5O. The predicted octanol–water partition coefficient (Wildman–Crippen LogP) is 5.38. The minimum absolute atomic E-state index is 0.0734. The highest BCUT2D eigenvalue weighted by Crippen LogP contribution is 2.35. The molecule has 0 aliphatic carbocycles. The molecule has 0 saturated heterocycles. The molecule has 1 atom stereocenters. The van der Waals surface area contributed by atoms with Crippen molar-refractivity contribution in [3.8, 4) is 0 Å². The molecule has 0 spiro atoms. The molecule has 0 aliphatic rings. The van der Waals surface area contributed by atoms with Crippen LogP contribution in [0.2, 0.25) is 0 Å². The molecular weight excluding hydrogens is 487 g/mol. The highest BCUT2D eigenvalue weighted by molar-refractivity contribution is 9.10. The molecule has 2 N–H and O–H groups in total. The lowest BCUT2D eigenvalue weighted by atomic mass is 10.1. The molecule has 3 heterocycles.